The fourth-order valence-electron chi connectivity index (χ4n) is 2.29. The van der Waals surface area contributed by atoms with E-state index in [2.05, 4.69) is 9.98 Å². The van der Waals surface area contributed by atoms with Crippen molar-refractivity contribution in [1.29, 1.82) is 0 Å². The predicted molar refractivity (Wildman–Crippen MR) is 74.1 cm³/mol. The van der Waals surface area contributed by atoms with Crippen LogP contribution in [-0.2, 0) is 4.74 Å². The van der Waals surface area contributed by atoms with Crippen molar-refractivity contribution in [1.82, 2.24) is 4.98 Å². The number of nitrogens with zero attached hydrogens (tertiary/aromatic N) is 1. The molecule has 0 amide bonds. The molecule has 0 bridgehead atoms. The van der Waals surface area contributed by atoms with Crippen LogP contribution in [0.1, 0.15) is 47.1 Å². The lowest BCUT2D eigenvalue weighted by atomic mass is 10.1. The molecule has 1 aromatic rings. The highest BCUT2D eigenvalue weighted by atomic mass is 35.5. The third kappa shape index (κ3) is 2.58. The molecular formula is C13H19ClN2O2. The monoisotopic (exact) mass is 270 g/mol. The Morgan fingerprint density at radius 3 is 2.72 bits per heavy atom. The van der Waals surface area contributed by atoms with Crippen LogP contribution in [0, 0.1) is 13.8 Å². The van der Waals surface area contributed by atoms with Gasteiger partial charge in [-0.05, 0) is 39.2 Å². The second kappa shape index (κ2) is 6.05. The summed E-state index contributed by atoms with van der Waals surface area (Å²) in [6, 6.07) is 0. The van der Waals surface area contributed by atoms with Crippen LogP contribution < -0.4 is 0 Å². The molecule has 0 atom stereocenters. The first-order valence-corrected chi connectivity index (χ1v) is 6.05. The van der Waals surface area contributed by atoms with Gasteiger partial charge in [0.15, 0.2) is 0 Å². The van der Waals surface area contributed by atoms with E-state index in [4.69, 9.17) is 4.74 Å². The van der Waals surface area contributed by atoms with Crippen molar-refractivity contribution in [3.63, 3.8) is 0 Å². The molecule has 0 saturated heterocycles. The van der Waals surface area contributed by atoms with Gasteiger partial charge in [-0.25, -0.2) is 4.79 Å². The van der Waals surface area contributed by atoms with E-state index in [1.54, 1.807) is 0 Å². The summed E-state index contributed by atoms with van der Waals surface area (Å²) in [5.74, 6) is -0.247. The third-order valence-electron chi connectivity index (χ3n) is 3.08. The summed E-state index contributed by atoms with van der Waals surface area (Å²) in [4.78, 5) is 19.6. The Labute approximate surface area is 113 Å². The number of carbonyl (C=O) groups excluding carboxylic acids is 1. The van der Waals surface area contributed by atoms with Crippen molar-refractivity contribution in [3.8, 4) is 0 Å². The van der Waals surface area contributed by atoms with Crippen molar-refractivity contribution in [3.05, 3.63) is 22.5 Å². The van der Waals surface area contributed by atoms with Gasteiger partial charge >= 0.3 is 5.97 Å². The molecular weight excluding hydrogens is 252 g/mol. The van der Waals surface area contributed by atoms with Crippen molar-refractivity contribution in [2.24, 2.45) is 4.99 Å². The van der Waals surface area contributed by atoms with E-state index in [1.165, 1.54) is 0 Å². The minimum absolute atomic E-state index is 0. The first-order valence-electron chi connectivity index (χ1n) is 6.05. The van der Waals surface area contributed by atoms with Crippen LogP contribution >= 0.6 is 12.4 Å². The summed E-state index contributed by atoms with van der Waals surface area (Å²) in [6.07, 6.45) is 2.09. The Balaban J connectivity index is 0.00000162. The Hall–Kier alpha value is -1.29. The first-order chi connectivity index (χ1) is 8.15. The SMILES string of the molecule is CCOC(=O)c1c(C)[nH]c(C2=NCCC2)c1C.Cl. The van der Waals surface area contributed by atoms with Crippen molar-refractivity contribution in [2.75, 3.05) is 13.2 Å². The zero-order valence-electron chi connectivity index (χ0n) is 11.0. The van der Waals surface area contributed by atoms with Crippen molar-refractivity contribution in [2.45, 2.75) is 33.6 Å². The van der Waals surface area contributed by atoms with Gasteiger partial charge in [0, 0.05) is 12.2 Å². The molecule has 0 spiro atoms. The fraction of sp³-hybridized carbons (Fsp3) is 0.538. The van der Waals surface area contributed by atoms with Crippen LogP contribution in [0.3, 0.4) is 0 Å². The number of H-pyrrole nitrogens is 1. The average molecular weight is 271 g/mol. The number of aromatic nitrogens is 1. The summed E-state index contributed by atoms with van der Waals surface area (Å²) in [5.41, 5.74) is 4.58. The quantitative estimate of drug-likeness (QED) is 0.859. The van der Waals surface area contributed by atoms with Gasteiger partial charge in [-0.2, -0.15) is 0 Å². The molecule has 2 rings (SSSR count). The molecule has 0 radical (unpaired) electrons. The predicted octanol–water partition coefficient (Wildman–Crippen LogP) is 2.81. The van der Waals surface area contributed by atoms with Gasteiger partial charge in [-0.1, -0.05) is 0 Å². The fourth-order valence-corrected chi connectivity index (χ4v) is 2.29. The molecule has 1 aliphatic heterocycles. The molecule has 0 aromatic carbocycles. The number of carbonyl (C=O) groups is 1. The van der Waals surface area contributed by atoms with E-state index >= 15 is 0 Å². The maximum Gasteiger partial charge on any atom is 0.340 e. The molecule has 0 fully saturated rings. The minimum atomic E-state index is -0.247. The lowest BCUT2D eigenvalue weighted by Gasteiger charge is -2.02. The highest BCUT2D eigenvalue weighted by Gasteiger charge is 2.22. The summed E-state index contributed by atoms with van der Waals surface area (Å²) in [6.45, 7) is 6.96. The van der Waals surface area contributed by atoms with E-state index in [-0.39, 0.29) is 18.4 Å². The molecule has 4 nitrogen and oxygen atoms in total. The molecule has 18 heavy (non-hydrogen) atoms. The van der Waals surface area contributed by atoms with Crippen LogP contribution in [0.25, 0.3) is 0 Å². The lowest BCUT2D eigenvalue weighted by molar-refractivity contribution is 0.0525. The minimum Gasteiger partial charge on any atom is -0.462 e. The molecule has 0 aliphatic carbocycles. The average Bonchev–Trinajstić information content (AvgIpc) is 2.87. The van der Waals surface area contributed by atoms with E-state index in [0.29, 0.717) is 12.2 Å². The molecule has 1 aromatic heterocycles. The summed E-state index contributed by atoms with van der Waals surface area (Å²) in [5, 5.41) is 0. The Morgan fingerprint density at radius 1 is 1.44 bits per heavy atom. The largest absolute Gasteiger partial charge is 0.462 e. The number of halogens is 1. The summed E-state index contributed by atoms with van der Waals surface area (Å²) in [7, 11) is 0. The second-order valence-corrected chi connectivity index (χ2v) is 4.28. The van der Waals surface area contributed by atoms with Gasteiger partial charge in [-0.3, -0.25) is 4.99 Å². The summed E-state index contributed by atoms with van der Waals surface area (Å²) >= 11 is 0. The van der Waals surface area contributed by atoms with E-state index in [1.807, 2.05) is 20.8 Å². The topological polar surface area (TPSA) is 54.5 Å². The second-order valence-electron chi connectivity index (χ2n) is 4.28. The Morgan fingerprint density at radius 2 is 2.17 bits per heavy atom. The van der Waals surface area contributed by atoms with Crippen molar-refractivity contribution < 1.29 is 9.53 Å². The van der Waals surface area contributed by atoms with Crippen molar-refractivity contribution >= 4 is 24.1 Å². The normalized spacial score (nSPS) is 14.1. The van der Waals surface area contributed by atoms with Gasteiger partial charge < -0.3 is 9.72 Å². The summed E-state index contributed by atoms with van der Waals surface area (Å²) < 4.78 is 5.07. The Kier molecular flexibility index (Phi) is 4.96. The van der Waals surface area contributed by atoms with Crippen LogP contribution in [0.15, 0.2) is 4.99 Å². The molecule has 1 aliphatic rings. The number of aliphatic imine (C=N–C) groups is 1. The zero-order chi connectivity index (χ0) is 12.4. The highest BCUT2D eigenvalue weighted by Crippen LogP contribution is 2.22. The maximum atomic E-state index is 11.8. The molecule has 0 unspecified atom stereocenters. The maximum absolute atomic E-state index is 11.8. The number of esters is 1. The number of aromatic amines is 1. The van der Waals surface area contributed by atoms with Crippen LogP contribution in [0.2, 0.25) is 0 Å². The number of aryl methyl sites for hydroxylation is 1. The highest BCUT2D eigenvalue weighted by molar-refractivity contribution is 6.04. The first kappa shape index (κ1) is 14.8. The number of hydrogen-bond donors (Lipinski definition) is 1. The molecule has 0 saturated carbocycles. The van der Waals surface area contributed by atoms with Crippen LogP contribution in [-0.4, -0.2) is 29.8 Å². The standard InChI is InChI=1S/C13H18N2O2.ClH/c1-4-17-13(16)11-8(2)12(15-9(11)3)10-6-5-7-14-10;/h15H,4-7H2,1-3H3;1H. The molecule has 2 heterocycles. The van der Waals surface area contributed by atoms with Gasteiger partial charge in [0.25, 0.3) is 0 Å². The van der Waals surface area contributed by atoms with Crippen LogP contribution in [0.5, 0.6) is 0 Å². The number of nitrogens with one attached hydrogen (secondary N) is 1. The lowest BCUT2D eigenvalue weighted by Crippen LogP contribution is -2.07. The van der Waals surface area contributed by atoms with E-state index in [0.717, 1.165) is 42.0 Å². The van der Waals surface area contributed by atoms with Gasteiger partial charge in [0.2, 0.25) is 0 Å². The van der Waals surface area contributed by atoms with E-state index < -0.39 is 0 Å². The zero-order valence-corrected chi connectivity index (χ0v) is 11.8. The van der Waals surface area contributed by atoms with Crippen LogP contribution in [0.4, 0.5) is 0 Å². The molecule has 100 valence electrons. The van der Waals surface area contributed by atoms with Gasteiger partial charge in [0.1, 0.15) is 0 Å². The van der Waals surface area contributed by atoms with Gasteiger partial charge in [0.05, 0.1) is 23.6 Å². The molecule has 1 N–H and O–H groups in total. The number of hydrogen-bond acceptors (Lipinski definition) is 3. The third-order valence-corrected chi connectivity index (χ3v) is 3.08. The number of rotatable bonds is 3. The number of ether oxygens (including phenoxy) is 1. The smallest absolute Gasteiger partial charge is 0.340 e. The van der Waals surface area contributed by atoms with E-state index in [9.17, 15) is 4.79 Å². The molecule has 5 heteroatoms. The Bertz CT molecular complexity index is 478. The van der Waals surface area contributed by atoms with Gasteiger partial charge in [-0.15, -0.1) is 12.4 Å².